The molecule has 3 aromatic rings. The molecule has 0 bridgehead atoms. The molecule has 0 fully saturated rings. The van der Waals surface area contributed by atoms with E-state index in [1.54, 1.807) is 9.58 Å². The molecule has 5 heteroatoms. The molecule has 0 saturated heterocycles. The molecule has 23 heavy (non-hydrogen) atoms. The maximum absolute atomic E-state index is 13.2. The van der Waals surface area contributed by atoms with Gasteiger partial charge in [-0.1, -0.05) is 18.2 Å². The number of fused-ring (bicyclic) bond motifs is 1. The van der Waals surface area contributed by atoms with E-state index in [0.717, 1.165) is 28.1 Å². The molecular formula is C18H20N4O. The van der Waals surface area contributed by atoms with Gasteiger partial charge >= 0.3 is 0 Å². The predicted octanol–water partition coefficient (Wildman–Crippen LogP) is 3.25. The van der Waals surface area contributed by atoms with Crippen molar-refractivity contribution < 1.29 is 4.79 Å². The van der Waals surface area contributed by atoms with Crippen LogP contribution in [0.2, 0.25) is 0 Å². The molecule has 0 aliphatic carbocycles. The average molecular weight is 308 g/mol. The first-order valence-corrected chi connectivity index (χ1v) is 7.70. The third-order valence-corrected chi connectivity index (χ3v) is 3.96. The number of aryl methyl sites for hydroxylation is 3. The third kappa shape index (κ3) is 2.59. The predicted molar refractivity (Wildman–Crippen MR) is 91.8 cm³/mol. The zero-order valence-corrected chi connectivity index (χ0v) is 13.9. The minimum atomic E-state index is -0.0229. The first-order valence-electron chi connectivity index (χ1n) is 7.70. The van der Waals surface area contributed by atoms with Crippen molar-refractivity contribution in [2.45, 2.75) is 20.8 Å². The summed E-state index contributed by atoms with van der Waals surface area (Å²) in [5, 5.41) is 5.25. The third-order valence-electron chi connectivity index (χ3n) is 3.96. The van der Waals surface area contributed by atoms with Crippen LogP contribution in [0.25, 0.3) is 11.0 Å². The lowest BCUT2D eigenvalue weighted by molar-refractivity contribution is 0.0989. The molecule has 118 valence electrons. The van der Waals surface area contributed by atoms with Gasteiger partial charge < -0.3 is 4.90 Å². The van der Waals surface area contributed by atoms with Crippen molar-refractivity contribution in [3.63, 3.8) is 0 Å². The lowest BCUT2D eigenvalue weighted by atomic mass is 10.1. The van der Waals surface area contributed by atoms with Gasteiger partial charge in [-0.15, -0.1) is 0 Å². The second kappa shape index (κ2) is 5.83. The number of pyridine rings is 1. The first kappa shape index (κ1) is 15.2. The van der Waals surface area contributed by atoms with Gasteiger partial charge in [0.15, 0.2) is 5.65 Å². The molecule has 0 aliphatic rings. The number of anilines is 1. The van der Waals surface area contributed by atoms with Crippen LogP contribution in [0.1, 0.15) is 28.7 Å². The number of hydrogen-bond donors (Lipinski definition) is 0. The van der Waals surface area contributed by atoms with Crippen molar-refractivity contribution in [3.8, 4) is 0 Å². The fraction of sp³-hybridized carbons (Fsp3) is 0.278. The number of amides is 1. The molecule has 3 rings (SSSR count). The van der Waals surface area contributed by atoms with Crippen LogP contribution in [0, 0.1) is 13.8 Å². The quantitative estimate of drug-likeness (QED) is 0.746. The van der Waals surface area contributed by atoms with Crippen LogP contribution in [0.5, 0.6) is 0 Å². The second-order valence-electron chi connectivity index (χ2n) is 5.60. The summed E-state index contributed by atoms with van der Waals surface area (Å²) in [4.78, 5) is 19.5. The summed E-state index contributed by atoms with van der Waals surface area (Å²) in [5.41, 5.74) is 3.93. The van der Waals surface area contributed by atoms with Gasteiger partial charge in [-0.2, -0.15) is 5.10 Å². The van der Waals surface area contributed by atoms with Gasteiger partial charge in [0.25, 0.3) is 5.91 Å². The van der Waals surface area contributed by atoms with E-state index in [-0.39, 0.29) is 5.91 Å². The highest BCUT2D eigenvalue weighted by Gasteiger charge is 2.22. The summed E-state index contributed by atoms with van der Waals surface area (Å²) in [6.45, 7) is 6.39. The van der Waals surface area contributed by atoms with Gasteiger partial charge in [-0.25, -0.2) is 4.98 Å². The van der Waals surface area contributed by atoms with E-state index in [2.05, 4.69) is 10.1 Å². The molecule has 0 saturated carbocycles. The molecule has 0 aliphatic heterocycles. The van der Waals surface area contributed by atoms with Gasteiger partial charge in [0.2, 0.25) is 0 Å². The minimum absolute atomic E-state index is 0.0229. The fourth-order valence-electron chi connectivity index (χ4n) is 2.94. The van der Waals surface area contributed by atoms with E-state index in [0.29, 0.717) is 12.1 Å². The van der Waals surface area contributed by atoms with Gasteiger partial charge in [0.1, 0.15) is 0 Å². The number of aromatic nitrogens is 3. The topological polar surface area (TPSA) is 51.0 Å². The maximum Gasteiger partial charge on any atom is 0.259 e. The number of hydrogen-bond acceptors (Lipinski definition) is 3. The van der Waals surface area contributed by atoms with Crippen LogP contribution in [-0.4, -0.2) is 27.2 Å². The average Bonchev–Trinajstić information content (AvgIpc) is 2.82. The van der Waals surface area contributed by atoms with E-state index >= 15 is 0 Å². The molecule has 1 amide bonds. The zero-order chi connectivity index (χ0) is 16.6. The number of carbonyl (C=O) groups is 1. The highest BCUT2D eigenvalue weighted by Crippen LogP contribution is 2.25. The largest absolute Gasteiger partial charge is 0.309 e. The van der Waals surface area contributed by atoms with E-state index < -0.39 is 0 Å². The SMILES string of the molecule is CCN(C(=O)c1cc(C)nc2c1c(C)nn2C)c1ccccc1. The van der Waals surface area contributed by atoms with Gasteiger partial charge in [-0.3, -0.25) is 9.48 Å². The smallest absolute Gasteiger partial charge is 0.259 e. The van der Waals surface area contributed by atoms with Crippen molar-refractivity contribution in [2.75, 3.05) is 11.4 Å². The maximum atomic E-state index is 13.2. The van der Waals surface area contributed by atoms with E-state index in [9.17, 15) is 4.79 Å². The highest BCUT2D eigenvalue weighted by molar-refractivity contribution is 6.13. The molecule has 2 heterocycles. The van der Waals surface area contributed by atoms with Crippen molar-refractivity contribution in [3.05, 3.63) is 53.3 Å². The number of nitrogens with zero attached hydrogens (tertiary/aromatic N) is 4. The second-order valence-corrected chi connectivity index (χ2v) is 5.60. The Hall–Kier alpha value is -2.69. The lowest BCUT2D eigenvalue weighted by Gasteiger charge is -2.21. The monoisotopic (exact) mass is 308 g/mol. The van der Waals surface area contributed by atoms with Crippen LogP contribution in [-0.2, 0) is 7.05 Å². The molecule has 5 nitrogen and oxygen atoms in total. The molecular weight excluding hydrogens is 288 g/mol. The van der Waals surface area contributed by atoms with E-state index in [4.69, 9.17) is 0 Å². The van der Waals surface area contributed by atoms with Crippen LogP contribution < -0.4 is 4.90 Å². The Bertz CT molecular complexity index is 868. The summed E-state index contributed by atoms with van der Waals surface area (Å²) >= 11 is 0. The Kier molecular flexibility index (Phi) is 3.86. The lowest BCUT2D eigenvalue weighted by Crippen LogP contribution is -2.31. The molecule has 0 N–H and O–H groups in total. The summed E-state index contributed by atoms with van der Waals surface area (Å²) in [6.07, 6.45) is 0. The zero-order valence-electron chi connectivity index (χ0n) is 13.9. The number of para-hydroxylation sites is 1. The summed E-state index contributed by atoms with van der Waals surface area (Å²) < 4.78 is 1.73. The molecule has 0 unspecified atom stereocenters. The number of rotatable bonds is 3. The van der Waals surface area contributed by atoms with Crippen LogP contribution in [0.4, 0.5) is 5.69 Å². The summed E-state index contributed by atoms with van der Waals surface area (Å²) in [5.74, 6) is -0.0229. The Labute approximate surface area is 135 Å². The Balaban J connectivity index is 2.17. The Morgan fingerprint density at radius 2 is 1.91 bits per heavy atom. The summed E-state index contributed by atoms with van der Waals surface area (Å²) in [7, 11) is 1.85. The van der Waals surface area contributed by atoms with Crippen molar-refractivity contribution >= 4 is 22.6 Å². The fourth-order valence-corrected chi connectivity index (χ4v) is 2.94. The normalized spacial score (nSPS) is 11.0. The van der Waals surface area contributed by atoms with Crippen LogP contribution in [0.15, 0.2) is 36.4 Å². The van der Waals surface area contributed by atoms with Crippen LogP contribution >= 0.6 is 0 Å². The Morgan fingerprint density at radius 1 is 1.22 bits per heavy atom. The number of benzene rings is 1. The standard InChI is InChI=1S/C18H20N4O/c1-5-22(14-9-7-6-8-10-14)18(23)15-11-12(2)19-17-16(15)13(3)20-21(17)4/h6-11H,5H2,1-4H3. The molecule has 0 atom stereocenters. The van der Waals surface area contributed by atoms with Gasteiger partial charge in [-0.05, 0) is 39.0 Å². The first-order chi connectivity index (χ1) is 11.0. The van der Waals surface area contributed by atoms with Crippen LogP contribution in [0.3, 0.4) is 0 Å². The van der Waals surface area contributed by atoms with Crippen molar-refractivity contribution in [1.82, 2.24) is 14.8 Å². The molecule has 0 radical (unpaired) electrons. The molecule has 1 aromatic carbocycles. The van der Waals surface area contributed by atoms with Gasteiger partial charge in [0.05, 0.1) is 16.6 Å². The van der Waals surface area contributed by atoms with E-state index in [1.165, 1.54) is 0 Å². The van der Waals surface area contributed by atoms with Gasteiger partial charge in [0, 0.05) is 25.0 Å². The number of carbonyl (C=O) groups excluding carboxylic acids is 1. The Morgan fingerprint density at radius 3 is 2.57 bits per heavy atom. The highest BCUT2D eigenvalue weighted by atomic mass is 16.2. The molecule has 2 aromatic heterocycles. The summed E-state index contributed by atoms with van der Waals surface area (Å²) in [6, 6.07) is 11.6. The van der Waals surface area contributed by atoms with Crippen molar-refractivity contribution in [2.24, 2.45) is 7.05 Å². The van der Waals surface area contributed by atoms with Crippen molar-refractivity contribution in [1.29, 1.82) is 0 Å². The van der Waals surface area contributed by atoms with E-state index in [1.807, 2.05) is 64.2 Å². The molecule has 0 spiro atoms. The minimum Gasteiger partial charge on any atom is -0.309 e.